The van der Waals surface area contributed by atoms with Crippen LogP contribution in [-0.4, -0.2) is 28.5 Å². The molecular formula is C16H17F4N5. The molecular weight excluding hydrogens is 338 g/mol. The van der Waals surface area contributed by atoms with E-state index >= 15 is 0 Å². The molecule has 3 heterocycles. The van der Waals surface area contributed by atoms with Crippen molar-refractivity contribution in [2.24, 2.45) is 0 Å². The van der Waals surface area contributed by atoms with Gasteiger partial charge in [-0.1, -0.05) is 0 Å². The topological polar surface area (TPSA) is 53.9 Å². The Morgan fingerprint density at radius 2 is 1.96 bits per heavy atom. The first-order valence-electron chi connectivity index (χ1n) is 7.90. The molecule has 0 bridgehead atoms. The van der Waals surface area contributed by atoms with Crippen LogP contribution in [0, 0.1) is 5.82 Å². The Bertz CT molecular complexity index is 732. The summed E-state index contributed by atoms with van der Waals surface area (Å²) >= 11 is 0. The summed E-state index contributed by atoms with van der Waals surface area (Å²) in [6.07, 6.45) is 0.0351. The number of nitrogens with zero attached hydrogens (tertiary/aromatic N) is 4. The van der Waals surface area contributed by atoms with E-state index in [1.165, 1.54) is 12.4 Å². The fourth-order valence-electron chi connectivity index (χ4n) is 3.00. The maximum absolute atomic E-state index is 14.6. The number of pyridine rings is 1. The summed E-state index contributed by atoms with van der Waals surface area (Å²) in [5.74, 6) is -0.371. The molecule has 25 heavy (non-hydrogen) atoms. The van der Waals surface area contributed by atoms with Crippen LogP contribution >= 0.6 is 0 Å². The third-order valence-corrected chi connectivity index (χ3v) is 4.24. The molecule has 0 radical (unpaired) electrons. The Labute approximate surface area is 142 Å². The molecule has 1 aliphatic heterocycles. The van der Waals surface area contributed by atoms with E-state index in [-0.39, 0.29) is 17.7 Å². The van der Waals surface area contributed by atoms with E-state index in [2.05, 4.69) is 20.3 Å². The highest BCUT2D eigenvalue weighted by Gasteiger charge is 2.33. The molecule has 1 N–H and O–H groups in total. The smallest absolute Gasteiger partial charge is 0.371 e. The van der Waals surface area contributed by atoms with Crippen molar-refractivity contribution in [2.75, 3.05) is 23.8 Å². The maximum atomic E-state index is 14.6. The summed E-state index contributed by atoms with van der Waals surface area (Å²) in [6.45, 7) is 0.546. The Morgan fingerprint density at radius 3 is 2.60 bits per heavy atom. The lowest BCUT2D eigenvalue weighted by molar-refractivity contribution is -0.137. The predicted molar refractivity (Wildman–Crippen MR) is 84.7 cm³/mol. The first-order valence-corrected chi connectivity index (χ1v) is 7.90. The number of halogens is 4. The van der Waals surface area contributed by atoms with E-state index in [1.807, 2.05) is 0 Å². The SMILES string of the molecule is CNc1ncnc(N2CCCCC2c2ccc(C(F)(F)F)cn2)c1F. The molecule has 1 aliphatic rings. The number of alkyl halides is 3. The first kappa shape index (κ1) is 17.4. The molecule has 1 atom stereocenters. The lowest BCUT2D eigenvalue weighted by Crippen LogP contribution is -2.35. The van der Waals surface area contributed by atoms with E-state index in [0.29, 0.717) is 18.7 Å². The molecule has 1 saturated heterocycles. The number of hydrogen-bond acceptors (Lipinski definition) is 5. The highest BCUT2D eigenvalue weighted by atomic mass is 19.4. The van der Waals surface area contributed by atoms with Gasteiger partial charge in [-0.15, -0.1) is 0 Å². The van der Waals surface area contributed by atoms with Gasteiger partial charge < -0.3 is 10.2 Å². The summed E-state index contributed by atoms with van der Waals surface area (Å²) < 4.78 is 52.7. The van der Waals surface area contributed by atoms with E-state index in [0.717, 1.165) is 25.1 Å². The second-order valence-electron chi connectivity index (χ2n) is 5.78. The van der Waals surface area contributed by atoms with Gasteiger partial charge in [-0.3, -0.25) is 4.98 Å². The van der Waals surface area contributed by atoms with Crippen molar-refractivity contribution in [1.82, 2.24) is 15.0 Å². The third-order valence-electron chi connectivity index (χ3n) is 4.24. The molecule has 9 heteroatoms. The Kier molecular flexibility index (Phi) is 4.73. The summed E-state index contributed by atoms with van der Waals surface area (Å²) in [7, 11) is 1.56. The molecule has 0 spiro atoms. The quantitative estimate of drug-likeness (QED) is 0.849. The molecule has 1 fully saturated rings. The first-order chi connectivity index (χ1) is 11.9. The van der Waals surface area contributed by atoms with E-state index < -0.39 is 17.6 Å². The standard InChI is InChI=1S/C16H17F4N5/c1-21-14-13(17)15(24-9-23-14)25-7-3-2-4-12(25)11-6-5-10(8-22-11)16(18,19)20/h5-6,8-9,12H,2-4,7H2,1H3,(H,21,23,24). The van der Waals surface area contributed by atoms with Gasteiger partial charge in [0.15, 0.2) is 11.6 Å². The lowest BCUT2D eigenvalue weighted by atomic mass is 9.98. The third kappa shape index (κ3) is 3.49. The molecule has 0 aromatic carbocycles. The van der Waals surface area contributed by atoms with Crippen molar-refractivity contribution < 1.29 is 17.6 Å². The van der Waals surface area contributed by atoms with Crippen LogP contribution in [0.5, 0.6) is 0 Å². The number of hydrogen-bond donors (Lipinski definition) is 1. The molecule has 0 saturated carbocycles. The fourth-order valence-corrected chi connectivity index (χ4v) is 3.00. The van der Waals surface area contributed by atoms with Crippen molar-refractivity contribution in [3.8, 4) is 0 Å². The van der Waals surface area contributed by atoms with E-state index in [4.69, 9.17) is 0 Å². The summed E-state index contributed by atoms with van der Waals surface area (Å²) in [6, 6.07) is 2.03. The monoisotopic (exact) mass is 355 g/mol. The second-order valence-corrected chi connectivity index (χ2v) is 5.78. The van der Waals surface area contributed by atoms with E-state index in [1.54, 1.807) is 11.9 Å². The van der Waals surface area contributed by atoms with E-state index in [9.17, 15) is 17.6 Å². The highest BCUT2D eigenvalue weighted by molar-refractivity contribution is 5.52. The minimum atomic E-state index is -4.43. The minimum absolute atomic E-state index is 0.0784. The molecule has 134 valence electrons. The predicted octanol–water partition coefficient (Wildman–Crippen LogP) is 3.80. The zero-order chi connectivity index (χ0) is 18.0. The van der Waals surface area contributed by atoms with Crippen LogP contribution in [0.1, 0.15) is 36.6 Å². The number of piperidine rings is 1. The molecule has 2 aromatic rings. The number of aromatic nitrogens is 3. The van der Waals surface area contributed by atoms with Crippen LogP contribution in [0.25, 0.3) is 0 Å². The van der Waals surface area contributed by atoms with Gasteiger partial charge in [-0.2, -0.15) is 17.6 Å². The summed E-state index contributed by atoms with van der Waals surface area (Å²) in [5, 5.41) is 2.66. The normalized spacial score (nSPS) is 18.3. The number of anilines is 2. The average Bonchev–Trinajstić information content (AvgIpc) is 2.61. The van der Waals surface area contributed by atoms with Gasteiger partial charge in [0.25, 0.3) is 0 Å². The lowest BCUT2D eigenvalue weighted by Gasteiger charge is -2.36. The fraction of sp³-hybridized carbons (Fsp3) is 0.438. The average molecular weight is 355 g/mol. The Morgan fingerprint density at radius 1 is 1.16 bits per heavy atom. The highest BCUT2D eigenvalue weighted by Crippen LogP contribution is 2.36. The van der Waals surface area contributed by atoms with Crippen LogP contribution in [0.15, 0.2) is 24.7 Å². The number of rotatable bonds is 3. The maximum Gasteiger partial charge on any atom is 0.417 e. The zero-order valence-electron chi connectivity index (χ0n) is 13.5. The number of nitrogens with one attached hydrogen (secondary N) is 1. The second kappa shape index (κ2) is 6.81. The Hall–Kier alpha value is -2.45. The molecule has 0 amide bonds. The van der Waals surface area contributed by atoms with Crippen molar-refractivity contribution in [3.63, 3.8) is 0 Å². The van der Waals surface area contributed by atoms with Gasteiger partial charge in [0.2, 0.25) is 5.82 Å². The largest absolute Gasteiger partial charge is 0.417 e. The summed E-state index contributed by atoms with van der Waals surface area (Å²) in [5.41, 5.74) is -0.332. The van der Waals surface area contributed by atoms with Gasteiger partial charge in [-0.25, -0.2) is 9.97 Å². The van der Waals surface area contributed by atoms with Gasteiger partial charge in [0.1, 0.15) is 6.33 Å². The van der Waals surface area contributed by atoms with Crippen LogP contribution < -0.4 is 10.2 Å². The van der Waals surface area contributed by atoms with Crippen molar-refractivity contribution in [3.05, 3.63) is 41.7 Å². The molecule has 3 rings (SSSR count). The van der Waals surface area contributed by atoms with Crippen LogP contribution in [-0.2, 0) is 6.18 Å². The molecule has 0 aliphatic carbocycles. The van der Waals surface area contributed by atoms with Gasteiger partial charge in [0, 0.05) is 19.8 Å². The van der Waals surface area contributed by atoms with Crippen molar-refractivity contribution in [2.45, 2.75) is 31.5 Å². The minimum Gasteiger partial charge on any atom is -0.371 e. The van der Waals surface area contributed by atoms with Crippen LogP contribution in [0.4, 0.5) is 29.2 Å². The van der Waals surface area contributed by atoms with Gasteiger partial charge >= 0.3 is 6.18 Å². The van der Waals surface area contributed by atoms with Gasteiger partial charge in [0.05, 0.1) is 17.3 Å². The van der Waals surface area contributed by atoms with Crippen LogP contribution in [0.3, 0.4) is 0 Å². The van der Waals surface area contributed by atoms with Crippen molar-refractivity contribution >= 4 is 11.6 Å². The molecule has 1 unspecified atom stereocenters. The zero-order valence-corrected chi connectivity index (χ0v) is 13.5. The molecule has 2 aromatic heterocycles. The van der Waals surface area contributed by atoms with Gasteiger partial charge in [-0.05, 0) is 31.4 Å². The van der Waals surface area contributed by atoms with Crippen molar-refractivity contribution in [1.29, 1.82) is 0 Å². The Balaban J connectivity index is 1.94. The molecule has 5 nitrogen and oxygen atoms in total. The van der Waals surface area contributed by atoms with Crippen LogP contribution in [0.2, 0.25) is 0 Å². The summed E-state index contributed by atoms with van der Waals surface area (Å²) in [4.78, 5) is 13.6.